The van der Waals surface area contributed by atoms with Crippen molar-refractivity contribution in [1.29, 1.82) is 0 Å². The Bertz CT molecular complexity index is 1470. The van der Waals surface area contributed by atoms with Gasteiger partial charge in [0, 0.05) is 11.5 Å². The van der Waals surface area contributed by atoms with Gasteiger partial charge in [-0.2, -0.15) is 39.5 Å². The number of aliphatic hydroxyl groups excluding tert-OH is 1. The first-order valence-corrected chi connectivity index (χ1v) is 14.1. The molecule has 0 bridgehead atoms. The molecule has 0 spiro atoms. The van der Waals surface area contributed by atoms with Gasteiger partial charge in [-0.05, 0) is 67.0 Å². The zero-order valence-electron chi connectivity index (χ0n) is 21.5. The van der Waals surface area contributed by atoms with E-state index < -0.39 is 98.3 Å². The normalized spacial score (nSPS) is 23.8. The van der Waals surface area contributed by atoms with Crippen molar-refractivity contribution in [2.75, 3.05) is 6.54 Å². The van der Waals surface area contributed by atoms with Crippen LogP contribution in [0.25, 0.3) is 0 Å². The lowest BCUT2D eigenvalue weighted by Gasteiger charge is -2.42. The maximum atomic E-state index is 14.9. The Morgan fingerprint density at radius 3 is 2.05 bits per heavy atom. The van der Waals surface area contributed by atoms with E-state index in [9.17, 15) is 66.6 Å². The van der Waals surface area contributed by atoms with Gasteiger partial charge in [0.25, 0.3) is 0 Å². The van der Waals surface area contributed by atoms with E-state index in [1.165, 1.54) is 0 Å². The third kappa shape index (κ3) is 5.25. The number of halogens is 11. The summed E-state index contributed by atoms with van der Waals surface area (Å²) in [4.78, 5) is 12.5. The average molecular weight is 654 g/mol. The fourth-order valence-electron chi connectivity index (χ4n) is 6.14. The first-order valence-electron chi connectivity index (χ1n) is 12.6. The number of amides is 1. The Balaban J connectivity index is 1.86. The van der Waals surface area contributed by atoms with Crippen LogP contribution < -0.4 is 5.32 Å². The molecule has 1 amide bonds. The highest BCUT2D eigenvalue weighted by atomic mass is 32.2. The maximum absolute atomic E-state index is 14.9. The van der Waals surface area contributed by atoms with Crippen molar-refractivity contribution < 1.29 is 66.6 Å². The number of benzene rings is 2. The molecule has 2 aliphatic carbocycles. The summed E-state index contributed by atoms with van der Waals surface area (Å²) in [7, 11) is -4.73. The number of alkyl halides is 10. The van der Waals surface area contributed by atoms with Gasteiger partial charge in [0.2, 0.25) is 5.91 Å². The highest BCUT2D eigenvalue weighted by molar-refractivity contribution is 7.92. The summed E-state index contributed by atoms with van der Waals surface area (Å²) in [6.45, 7) is -1.27. The molecule has 43 heavy (non-hydrogen) atoms. The summed E-state index contributed by atoms with van der Waals surface area (Å²) < 4.78 is 173. The molecule has 1 fully saturated rings. The summed E-state index contributed by atoms with van der Waals surface area (Å²) in [5.74, 6) is -4.48. The molecular formula is C26H22F11NO4S. The third-order valence-electron chi connectivity index (χ3n) is 8.16. The highest BCUT2D eigenvalue weighted by Crippen LogP contribution is 2.60. The van der Waals surface area contributed by atoms with E-state index in [2.05, 4.69) is 0 Å². The van der Waals surface area contributed by atoms with Crippen LogP contribution in [-0.4, -0.2) is 50.6 Å². The molecule has 5 nitrogen and oxygen atoms in total. The van der Waals surface area contributed by atoms with E-state index in [0.717, 1.165) is 24.3 Å². The third-order valence-corrected chi connectivity index (χ3v) is 10.7. The fourth-order valence-corrected chi connectivity index (χ4v) is 8.61. The molecule has 2 N–H and O–H groups in total. The summed E-state index contributed by atoms with van der Waals surface area (Å²) >= 11 is 0. The molecule has 0 heterocycles. The maximum Gasteiger partial charge on any atom is 0.435 e. The van der Waals surface area contributed by atoms with Gasteiger partial charge in [0.15, 0.2) is 15.9 Å². The number of hydrogen-bond acceptors (Lipinski definition) is 4. The second kappa shape index (κ2) is 10.6. The molecule has 17 heteroatoms. The van der Waals surface area contributed by atoms with Gasteiger partial charge in [-0.3, -0.25) is 4.79 Å². The van der Waals surface area contributed by atoms with E-state index in [1.54, 1.807) is 0 Å². The quantitative estimate of drug-likeness (QED) is 0.305. The van der Waals surface area contributed by atoms with Crippen LogP contribution in [-0.2, 0) is 31.5 Å². The number of carbonyl (C=O) groups excluding carboxylic acids is 1. The van der Waals surface area contributed by atoms with Crippen molar-refractivity contribution in [2.24, 2.45) is 11.8 Å². The molecule has 0 radical (unpaired) electrons. The average Bonchev–Trinajstić information content (AvgIpc) is 3.31. The van der Waals surface area contributed by atoms with Crippen molar-refractivity contribution in [2.45, 2.75) is 65.6 Å². The zero-order valence-corrected chi connectivity index (χ0v) is 22.4. The molecule has 238 valence electrons. The number of rotatable bonds is 6. The lowest BCUT2D eigenvalue weighted by molar-refractivity contribution is -0.348. The number of fused-ring (bicyclic) bond motifs is 3. The van der Waals surface area contributed by atoms with E-state index in [1.807, 2.05) is 5.32 Å². The monoisotopic (exact) mass is 653 g/mol. The first kappa shape index (κ1) is 33.0. The first-order chi connectivity index (χ1) is 19.6. The van der Waals surface area contributed by atoms with Crippen molar-refractivity contribution in [1.82, 2.24) is 5.32 Å². The molecule has 4 atom stereocenters. The predicted molar refractivity (Wildman–Crippen MR) is 126 cm³/mol. The molecule has 0 aliphatic heterocycles. The lowest BCUT2D eigenvalue weighted by Crippen LogP contribution is -2.51. The Hall–Kier alpha value is -2.95. The molecule has 2 aromatic rings. The fraction of sp³-hybridized carbons (Fsp3) is 0.500. The van der Waals surface area contributed by atoms with E-state index >= 15 is 0 Å². The van der Waals surface area contributed by atoms with Crippen molar-refractivity contribution in [3.05, 3.63) is 65.0 Å². The Morgan fingerprint density at radius 1 is 0.930 bits per heavy atom. The largest absolute Gasteiger partial charge is 0.435 e. The van der Waals surface area contributed by atoms with Gasteiger partial charge in [0.1, 0.15) is 10.6 Å². The van der Waals surface area contributed by atoms with Gasteiger partial charge in [0.05, 0.1) is 11.4 Å². The van der Waals surface area contributed by atoms with Crippen LogP contribution in [0.3, 0.4) is 0 Å². The van der Waals surface area contributed by atoms with E-state index in [0.29, 0.717) is 6.07 Å². The lowest BCUT2D eigenvalue weighted by atomic mass is 9.72. The van der Waals surface area contributed by atoms with Gasteiger partial charge >= 0.3 is 24.2 Å². The number of sulfone groups is 1. The molecule has 0 aromatic heterocycles. The van der Waals surface area contributed by atoms with Crippen LogP contribution in [0.2, 0.25) is 0 Å². The zero-order chi connectivity index (χ0) is 32.4. The number of carbonyl (C=O) groups is 1. The van der Waals surface area contributed by atoms with Crippen molar-refractivity contribution in [3.63, 3.8) is 0 Å². The summed E-state index contributed by atoms with van der Waals surface area (Å²) in [5, 5.41) is 11.2. The summed E-state index contributed by atoms with van der Waals surface area (Å²) in [6.07, 6.45) is -22.4. The minimum Gasteiger partial charge on any atom is -0.382 e. The van der Waals surface area contributed by atoms with Crippen LogP contribution >= 0.6 is 0 Å². The van der Waals surface area contributed by atoms with E-state index in [-0.39, 0.29) is 36.1 Å². The SMILES string of the molecule is O=C(NC[C@H](O)C(F)(F)F)[C@@H]1CC[C@@]2(S(=O)(=O)c3ccc(F)cc3)c3ccc(C(F)(C(F)(F)F)C(F)(F)F)cc3CC[C@@H]12. The predicted octanol–water partition coefficient (Wildman–Crippen LogP) is 5.80. The number of nitrogens with one attached hydrogen (secondary N) is 1. The summed E-state index contributed by atoms with van der Waals surface area (Å²) in [6, 6.07) is 4.37. The Kier molecular flexibility index (Phi) is 8.12. The summed E-state index contributed by atoms with van der Waals surface area (Å²) in [5.41, 5.74) is -8.32. The molecule has 2 aromatic carbocycles. The topological polar surface area (TPSA) is 83.5 Å². The second-order valence-corrected chi connectivity index (χ2v) is 12.7. The van der Waals surface area contributed by atoms with E-state index in [4.69, 9.17) is 0 Å². The molecular weight excluding hydrogens is 631 g/mol. The Labute approximate surface area is 237 Å². The molecule has 1 saturated carbocycles. The molecule has 4 rings (SSSR count). The van der Waals surface area contributed by atoms with Crippen LogP contribution in [0.4, 0.5) is 48.3 Å². The minimum atomic E-state index is -6.44. The van der Waals surface area contributed by atoms with Crippen LogP contribution in [0, 0.1) is 17.7 Å². The van der Waals surface area contributed by atoms with Crippen molar-refractivity contribution >= 4 is 15.7 Å². The Morgan fingerprint density at radius 2 is 1.51 bits per heavy atom. The second-order valence-electron chi connectivity index (χ2n) is 10.5. The standard InChI is InChI=1S/C26H22F11NO4S/c27-15-3-5-16(6-4-15)43(41,42)22-10-9-17(21(40)38-12-20(39)24(29,30)31)19(22)7-1-13-11-14(2-8-18(13)22)23(28,25(32,33)34)26(35,36)37/h2-6,8,11,17,19-20,39H,1,7,9-10,12H2,(H,38,40)/t17-,19+,20+,22-/m1/s1. The van der Waals surface area contributed by atoms with Crippen molar-refractivity contribution in [3.8, 4) is 0 Å². The van der Waals surface area contributed by atoms with Crippen LogP contribution in [0.1, 0.15) is 36.0 Å². The van der Waals surface area contributed by atoms with Gasteiger partial charge < -0.3 is 10.4 Å². The molecule has 2 aliphatic rings. The number of aryl methyl sites for hydroxylation is 1. The highest BCUT2D eigenvalue weighted by Gasteiger charge is 2.74. The smallest absolute Gasteiger partial charge is 0.382 e. The molecule has 0 saturated heterocycles. The van der Waals surface area contributed by atoms with Gasteiger partial charge in [-0.15, -0.1) is 0 Å². The number of hydrogen-bond donors (Lipinski definition) is 2. The van der Waals surface area contributed by atoms with Gasteiger partial charge in [-0.25, -0.2) is 17.2 Å². The van der Waals surface area contributed by atoms with Gasteiger partial charge in [-0.1, -0.05) is 18.2 Å². The number of aliphatic hydroxyl groups is 1. The minimum absolute atomic E-state index is 0.164. The van der Waals surface area contributed by atoms with Crippen LogP contribution in [0.5, 0.6) is 0 Å². The van der Waals surface area contributed by atoms with Crippen LogP contribution in [0.15, 0.2) is 47.4 Å². The molecule has 0 unspecified atom stereocenters.